The fourth-order valence-electron chi connectivity index (χ4n) is 2.75. The number of ether oxygens (including phenoxy) is 2. The van der Waals surface area contributed by atoms with Crippen molar-refractivity contribution in [3.05, 3.63) is 46.6 Å². The molecule has 2 aromatic rings. The minimum absolute atomic E-state index is 0.0370. The van der Waals surface area contributed by atoms with Crippen LogP contribution >= 0.6 is 0 Å². The first-order valence-corrected chi connectivity index (χ1v) is 8.57. The van der Waals surface area contributed by atoms with E-state index in [1.54, 1.807) is 25.4 Å². The molecule has 138 valence electrons. The van der Waals surface area contributed by atoms with Crippen molar-refractivity contribution >= 4 is 5.69 Å². The zero-order valence-electron chi connectivity index (χ0n) is 15.7. The lowest BCUT2D eigenvalue weighted by Crippen LogP contribution is -2.23. The first kappa shape index (κ1) is 19.7. The van der Waals surface area contributed by atoms with E-state index in [2.05, 4.69) is 16.4 Å². The number of rotatable bonds is 8. The zero-order chi connectivity index (χ0) is 19.1. The highest BCUT2D eigenvalue weighted by molar-refractivity contribution is 5.57. The van der Waals surface area contributed by atoms with Crippen LogP contribution in [0.5, 0.6) is 11.6 Å². The quantitative estimate of drug-likeness (QED) is 0.751. The summed E-state index contributed by atoms with van der Waals surface area (Å²) < 4.78 is 11.4. The molecule has 0 bridgehead atoms. The highest BCUT2D eigenvalue weighted by Crippen LogP contribution is 2.33. The predicted molar refractivity (Wildman–Crippen MR) is 100 cm³/mol. The number of methoxy groups -OCH3 is 1. The van der Waals surface area contributed by atoms with Crippen molar-refractivity contribution in [2.24, 2.45) is 0 Å². The second kappa shape index (κ2) is 9.18. The molecule has 2 N–H and O–H groups in total. The highest BCUT2D eigenvalue weighted by Gasteiger charge is 2.16. The number of anilines is 1. The first-order valence-electron chi connectivity index (χ1n) is 8.57. The molecule has 2 rings (SSSR count). The summed E-state index contributed by atoms with van der Waals surface area (Å²) in [7, 11) is 1.61. The van der Waals surface area contributed by atoms with Crippen LogP contribution in [0.25, 0.3) is 0 Å². The summed E-state index contributed by atoms with van der Waals surface area (Å²) in [4.78, 5) is 4.37. The number of hydrogen-bond acceptors (Lipinski definition) is 6. The second-order valence-electron chi connectivity index (χ2n) is 6.16. The average Bonchev–Trinajstić information content (AvgIpc) is 2.64. The van der Waals surface area contributed by atoms with Crippen molar-refractivity contribution in [1.29, 1.82) is 5.26 Å². The first-order chi connectivity index (χ1) is 12.5. The van der Waals surface area contributed by atoms with Crippen LogP contribution in [-0.4, -0.2) is 29.8 Å². The van der Waals surface area contributed by atoms with Crippen molar-refractivity contribution in [2.75, 3.05) is 19.0 Å². The van der Waals surface area contributed by atoms with Gasteiger partial charge in [-0.1, -0.05) is 6.92 Å². The Balaban J connectivity index is 2.42. The van der Waals surface area contributed by atoms with Gasteiger partial charge in [0, 0.05) is 25.0 Å². The normalized spacial score (nSPS) is 11.7. The Morgan fingerprint density at radius 2 is 2.00 bits per heavy atom. The molecule has 0 saturated heterocycles. The second-order valence-corrected chi connectivity index (χ2v) is 6.16. The number of nitrogens with one attached hydrogen (secondary N) is 1. The Labute approximate surface area is 154 Å². The third-order valence-electron chi connectivity index (χ3n) is 4.17. The third kappa shape index (κ3) is 4.51. The molecule has 0 aliphatic heterocycles. The fraction of sp³-hybridized carbons (Fsp3) is 0.400. The lowest BCUT2D eigenvalue weighted by Gasteiger charge is -2.20. The number of pyridine rings is 1. The van der Waals surface area contributed by atoms with Gasteiger partial charge in [-0.25, -0.2) is 4.98 Å². The maximum atomic E-state index is 9.47. The van der Waals surface area contributed by atoms with E-state index in [1.807, 2.05) is 26.8 Å². The number of nitrogens with zero attached hydrogens (tertiary/aromatic N) is 2. The van der Waals surface area contributed by atoms with Crippen molar-refractivity contribution < 1.29 is 14.6 Å². The predicted octanol–water partition coefficient (Wildman–Crippen LogP) is 3.69. The number of benzene rings is 1. The van der Waals surface area contributed by atoms with E-state index in [1.165, 1.54) is 0 Å². The number of aryl methyl sites for hydroxylation is 2. The molecule has 6 nitrogen and oxygen atoms in total. The van der Waals surface area contributed by atoms with Crippen molar-refractivity contribution in [3.8, 4) is 17.7 Å². The van der Waals surface area contributed by atoms with Crippen molar-refractivity contribution in [3.63, 3.8) is 0 Å². The van der Waals surface area contributed by atoms with E-state index >= 15 is 0 Å². The van der Waals surface area contributed by atoms with Crippen LogP contribution in [0.3, 0.4) is 0 Å². The number of aliphatic hydroxyl groups excluding tert-OH is 1. The fourth-order valence-corrected chi connectivity index (χ4v) is 2.75. The van der Waals surface area contributed by atoms with Gasteiger partial charge in [-0.3, -0.25) is 0 Å². The summed E-state index contributed by atoms with van der Waals surface area (Å²) in [5.74, 6) is 1.13. The number of nitriles is 1. The Hall–Kier alpha value is -2.62. The van der Waals surface area contributed by atoms with E-state index in [-0.39, 0.29) is 12.6 Å². The molecule has 0 spiro atoms. The summed E-state index contributed by atoms with van der Waals surface area (Å²) in [5.41, 5.74) is 3.94. The van der Waals surface area contributed by atoms with Gasteiger partial charge in [0.2, 0.25) is 5.88 Å². The molecule has 6 heteroatoms. The molecule has 0 saturated carbocycles. The van der Waals surface area contributed by atoms with Crippen LogP contribution in [0.15, 0.2) is 24.4 Å². The monoisotopic (exact) mass is 355 g/mol. The maximum absolute atomic E-state index is 9.47. The minimum atomic E-state index is -0.0563. The Bertz CT molecular complexity index is 772. The Kier molecular flexibility index (Phi) is 6.96. The maximum Gasteiger partial charge on any atom is 0.226 e. The van der Waals surface area contributed by atoms with Crippen LogP contribution in [-0.2, 0) is 11.3 Å². The van der Waals surface area contributed by atoms with Crippen molar-refractivity contribution in [1.82, 2.24) is 4.98 Å². The van der Waals surface area contributed by atoms with E-state index in [9.17, 15) is 5.11 Å². The van der Waals surface area contributed by atoms with Gasteiger partial charge >= 0.3 is 0 Å². The largest absolute Gasteiger partial charge is 0.438 e. The van der Waals surface area contributed by atoms with E-state index in [0.29, 0.717) is 23.8 Å². The molecule has 0 amide bonds. The molecule has 1 aromatic heterocycles. The lowest BCUT2D eigenvalue weighted by molar-refractivity contribution is 0.182. The van der Waals surface area contributed by atoms with Gasteiger partial charge in [-0.15, -0.1) is 0 Å². The molecule has 26 heavy (non-hydrogen) atoms. The minimum Gasteiger partial charge on any atom is -0.438 e. The van der Waals surface area contributed by atoms with Gasteiger partial charge in [0.15, 0.2) is 0 Å². The van der Waals surface area contributed by atoms with Gasteiger partial charge in [0.05, 0.1) is 30.4 Å². The molecular formula is C20H25N3O3. The van der Waals surface area contributed by atoms with Gasteiger partial charge in [0.1, 0.15) is 5.75 Å². The molecule has 1 aromatic carbocycles. The topological polar surface area (TPSA) is 87.4 Å². The summed E-state index contributed by atoms with van der Waals surface area (Å²) >= 11 is 0. The molecule has 0 fully saturated rings. The molecule has 1 atom stereocenters. The molecule has 0 aliphatic rings. The van der Waals surface area contributed by atoms with Gasteiger partial charge < -0.3 is 19.9 Å². The molecule has 0 aliphatic carbocycles. The summed E-state index contributed by atoms with van der Waals surface area (Å²) in [6, 6.07) is 7.52. The SMILES string of the molecule is CCC(CO)Nc1ccnc(Oc2c(C)cc(C#N)cc2C)c1COC. The van der Waals surface area contributed by atoms with E-state index < -0.39 is 0 Å². The standard InChI is InChI=1S/C20H25N3O3/c1-5-16(11-24)23-18-6-7-22-20(17(18)12-25-4)26-19-13(2)8-15(10-21)9-14(19)3/h6-9,16,24H,5,11-12H2,1-4H3,(H,22,23). The number of aromatic nitrogens is 1. The molecule has 1 heterocycles. The summed E-state index contributed by atoms with van der Waals surface area (Å²) in [5, 5.41) is 21.9. The third-order valence-corrected chi connectivity index (χ3v) is 4.17. The van der Waals surface area contributed by atoms with Gasteiger partial charge in [0.25, 0.3) is 0 Å². The van der Waals surface area contributed by atoms with Crippen LogP contribution in [0, 0.1) is 25.2 Å². The van der Waals surface area contributed by atoms with Gasteiger partial charge in [-0.05, 0) is 49.6 Å². The smallest absolute Gasteiger partial charge is 0.226 e. The van der Waals surface area contributed by atoms with E-state index in [4.69, 9.17) is 14.7 Å². The Morgan fingerprint density at radius 3 is 2.54 bits per heavy atom. The molecule has 1 unspecified atom stereocenters. The number of hydrogen-bond donors (Lipinski definition) is 2. The molecule has 0 radical (unpaired) electrons. The number of aliphatic hydroxyl groups is 1. The Morgan fingerprint density at radius 1 is 1.31 bits per heavy atom. The van der Waals surface area contributed by atoms with Crippen LogP contribution < -0.4 is 10.1 Å². The van der Waals surface area contributed by atoms with Crippen LogP contribution in [0.2, 0.25) is 0 Å². The molecular weight excluding hydrogens is 330 g/mol. The van der Waals surface area contributed by atoms with Crippen LogP contribution in [0.1, 0.15) is 35.6 Å². The average molecular weight is 355 g/mol. The summed E-state index contributed by atoms with van der Waals surface area (Å²) in [6.07, 6.45) is 2.45. The van der Waals surface area contributed by atoms with Crippen LogP contribution in [0.4, 0.5) is 5.69 Å². The highest BCUT2D eigenvalue weighted by atomic mass is 16.5. The zero-order valence-corrected chi connectivity index (χ0v) is 15.7. The van der Waals surface area contributed by atoms with Gasteiger partial charge in [-0.2, -0.15) is 5.26 Å². The van der Waals surface area contributed by atoms with Crippen molar-refractivity contribution in [2.45, 2.75) is 39.8 Å². The van der Waals surface area contributed by atoms with E-state index in [0.717, 1.165) is 28.8 Å². The summed E-state index contributed by atoms with van der Waals surface area (Å²) in [6.45, 7) is 6.17. The lowest BCUT2D eigenvalue weighted by atomic mass is 10.1.